The van der Waals surface area contributed by atoms with Gasteiger partial charge >= 0.3 is 5.97 Å². The van der Waals surface area contributed by atoms with E-state index in [1.165, 1.54) is 6.07 Å². The lowest BCUT2D eigenvalue weighted by Gasteiger charge is -2.16. The number of carbonyl (C=O) groups is 3. The number of nitrogens with one attached hydrogen (secondary N) is 2. The molecule has 27 heavy (non-hydrogen) atoms. The van der Waals surface area contributed by atoms with E-state index in [1.807, 2.05) is 6.92 Å². The minimum atomic E-state index is -1.09. The first-order chi connectivity index (χ1) is 12.9. The van der Waals surface area contributed by atoms with E-state index in [4.69, 9.17) is 5.73 Å². The van der Waals surface area contributed by atoms with Crippen LogP contribution in [0.25, 0.3) is 0 Å². The van der Waals surface area contributed by atoms with Crippen molar-refractivity contribution in [1.82, 2.24) is 5.32 Å². The molecule has 0 aliphatic rings. The van der Waals surface area contributed by atoms with Gasteiger partial charge in [-0.3, -0.25) is 9.59 Å². The Hall–Kier alpha value is -3.35. The van der Waals surface area contributed by atoms with Crippen molar-refractivity contribution in [3.8, 4) is 0 Å². The molecule has 0 saturated heterocycles. The zero-order valence-corrected chi connectivity index (χ0v) is 15.1. The number of hydrogen-bond donors (Lipinski definition) is 4. The molecule has 0 heterocycles. The summed E-state index contributed by atoms with van der Waals surface area (Å²) in [5.74, 6) is -2.10. The van der Waals surface area contributed by atoms with Gasteiger partial charge in [0.1, 0.15) is 6.04 Å². The van der Waals surface area contributed by atoms with E-state index >= 15 is 0 Å². The third-order valence-corrected chi connectivity index (χ3v) is 4.08. The normalized spacial score (nSPS) is 11.4. The van der Waals surface area contributed by atoms with Crippen LogP contribution in [0.1, 0.15) is 46.9 Å². The second-order valence-electron chi connectivity index (χ2n) is 6.09. The lowest BCUT2D eigenvalue weighted by molar-refractivity contribution is -0.139. The first-order valence-corrected chi connectivity index (χ1v) is 8.72. The van der Waals surface area contributed by atoms with Gasteiger partial charge in [-0.25, -0.2) is 4.79 Å². The molecule has 2 rings (SSSR count). The molecule has 7 heteroatoms. The van der Waals surface area contributed by atoms with Crippen molar-refractivity contribution in [2.75, 3.05) is 11.1 Å². The zero-order valence-electron chi connectivity index (χ0n) is 15.1. The largest absolute Gasteiger partial charge is 0.480 e. The fourth-order valence-electron chi connectivity index (χ4n) is 2.59. The Balaban J connectivity index is 2.19. The molecule has 0 bridgehead atoms. The minimum Gasteiger partial charge on any atom is -0.480 e. The van der Waals surface area contributed by atoms with E-state index in [2.05, 4.69) is 10.6 Å². The first kappa shape index (κ1) is 20.0. The number of aliphatic carboxylic acids is 1. The molecular formula is C20H23N3O4. The second kappa shape index (κ2) is 9.38. The first-order valence-electron chi connectivity index (χ1n) is 8.72. The fourth-order valence-corrected chi connectivity index (χ4v) is 2.59. The number of unbranched alkanes of at least 4 members (excludes halogenated alkanes) is 1. The van der Waals surface area contributed by atoms with Crippen LogP contribution < -0.4 is 16.4 Å². The Kier molecular flexibility index (Phi) is 6.93. The van der Waals surface area contributed by atoms with Crippen LogP contribution in [-0.2, 0) is 4.79 Å². The fraction of sp³-hybridized carbons (Fsp3) is 0.250. The lowest BCUT2D eigenvalue weighted by atomic mass is 10.1. The van der Waals surface area contributed by atoms with Crippen LogP contribution in [0.5, 0.6) is 0 Å². The minimum absolute atomic E-state index is 0.183. The predicted molar refractivity (Wildman–Crippen MR) is 104 cm³/mol. The van der Waals surface area contributed by atoms with Gasteiger partial charge in [-0.05, 0) is 30.7 Å². The molecule has 0 fully saturated rings. The third kappa shape index (κ3) is 5.31. The highest BCUT2D eigenvalue weighted by Gasteiger charge is 2.22. The van der Waals surface area contributed by atoms with Crippen molar-refractivity contribution < 1.29 is 19.5 Å². The summed E-state index contributed by atoms with van der Waals surface area (Å²) in [5.41, 5.74) is 6.89. The molecule has 0 spiro atoms. The number of benzene rings is 2. The Morgan fingerprint density at radius 3 is 2.26 bits per heavy atom. The highest BCUT2D eigenvalue weighted by atomic mass is 16.4. The van der Waals surface area contributed by atoms with Gasteiger partial charge in [0.2, 0.25) is 0 Å². The number of carboxylic acid groups (broad SMARTS) is 1. The zero-order chi connectivity index (χ0) is 19.8. The van der Waals surface area contributed by atoms with Crippen molar-refractivity contribution in [3.05, 3.63) is 59.7 Å². The van der Waals surface area contributed by atoms with Gasteiger partial charge in [0.15, 0.2) is 0 Å². The molecule has 7 nitrogen and oxygen atoms in total. The quantitative estimate of drug-likeness (QED) is 0.533. The summed E-state index contributed by atoms with van der Waals surface area (Å²) >= 11 is 0. The topological polar surface area (TPSA) is 122 Å². The maximum absolute atomic E-state index is 12.6. The van der Waals surface area contributed by atoms with E-state index < -0.39 is 23.8 Å². The molecule has 142 valence electrons. The van der Waals surface area contributed by atoms with Crippen LogP contribution >= 0.6 is 0 Å². The summed E-state index contributed by atoms with van der Waals surface area (Å²) in [6.45, 7) is 1.95. The van der Waals surface area contributed by atoms with Crippen molar-refractivity contribution in [2.24, 2.45) is 0 Å². The molecule has 1 unspecified atom stereocenters. The Bertz CT molecular complexity index is 835. The molecule has 2 aromatic rings. The molecule has 0 radical (unpaired) electrons. The van der Waals surface area contributed by atoms with Crippen LogP contribution in [0.2, 0.25) is 0 Å². The van der Waals surface area contributed by atoms with Crippen molar-refractivity contribution in [3.63, 3.8) is 0 Å². The van der Waals surface area contributed by atoms with E-state index in [0.717, 1.165) is 6.42 Å². The number of nitrogen functional groups attached to an aromatic ring is 1. The van der Waals surface area contributed by atoms with Gasteiger partial charge in [0.25, 0.3) is 11.8 Å². The number of anilines is 2. The highest BCUT2D eigenvalue weighted by Crippen LogP contribution is 2.19. The van der Waals surface area contributed by atoms with Crippen LogP contribution in [-0.4, -0.2) is 28.9 Å². The second-order valence-corrected chi connectivity index (χ2v) is 6.09. The summed E-state index contributed by atoms with van der Waals surface area (Å²) < 4.78 is 0. The third-order valence-electron chi connectivity index (χ3n) is 4.08. The van der Waals surface area contributed by atoms with Crippen molar-refractivity contribution in [2.45, 2.75) is 32.2 Å². The average Bonchev–Trinajstić information content (AvgIpc) is 2.65. The molecule has 0 aliphatic carbocycles. The Morgan fingerprint density at radius 1 is 1.00 bits per heavy atom. The van der Waals surface area contributed by atoms with Crippen LogP contribution in [0.3, 0.4) is 0 Å². The molecule has 0 aliphatic heterocycles. The van der Waals surface area contributed by atoms with Gasteiger partial charge in [-0.1, -0.05) is 44.0 Å². The monoisotopic (exact) mass is 369 g/mol. The standard InChI is InChI=1S/C20H23N3O4/c1-2-3-11-17(20(26)27)23-19(25)14-9-5-7-12-16(14)22-18(24)13-8-4-6-10-15(13)21/h4-10,12,17H,2-3,11,21H2,1H3,(H,22,24)(H,23,25)(H,26,27). The molecular weight excluding hydrogens is 346 g/mol. The maximum atomic E-state index is 12.6. The van der Waals surface area contributed by atoms with Crippen LogP contribution in [0.15, 0.2) is 48.5 Å². The van der Waals surface area contributed by atoms with Gasteiger partial charge in [-0.15, -0.1) is 0 Å². The van der Waals surface area contributed by atoms with E-state index in [1.54, 1.807) is 42.5 Å². The molecule has 2 aromatic carbocycles. The number of nitrogens with two attached hydrogens (primary N) is 1. The predicted octanol–water partition coefficient (Wildman–Crippen LogP) is 2.89. The van der Waals surface area contributed by atoms with Crippen molar-refractivity contribution in [1.29, 1.82) is 0 Å². The number of hydrogen-bond acceptors (Lipinski definition) is 4. The van der Waals surface area contributed by atoms with Crippen LogP contribution in [0, 0.1) is 0 Å². The number of carboxylic acids is 1. The van der Waals surface area contributed by atoms with Gasteiger partial charge in [-0.2, -0.15) is 0 Å². The Morgan fingerprint density at radius 2 is 1.63 bits per heavy atom. The van der Waals surface area contributed by atoms with Gasteiger partial charge in [0.05, 0.1) is 16.8 Å². The number of rotatable bonds is 8. The summed E-state index contributed by atoms with van der Waals surface area (Å²) in [6.07, 6.45) is 1.85. The number of carbonyl (C=O) groups excluding carboxylic acids is 2. The van der Waals surface area contributed by atoms with Gasteiger partial charge in [0, 0.05) is 5.69 Å². The summed E-state index contributed by atoms with van der Waals surface area (Å²) in [7, 11) is 0. The highest BCUT2D eigenvalue weighted by molar-refractivity contribution is 6.11. The molecule has 0 saturated carbocycles. The molecule has 5 N–H and O–H groups in total. The van der Waals surface area contributed by atoms with E-state index in [9.17, 15) is 19.5 Å². The number of amides is 2. The molecule has 0 aromatic heterocycles. The van der Waals surface area contributed by atoms with Crippen molar-refractivity contribution >= 4 is 29.2 Å². The Labute approximate surface area is 157 Å². The average molecular weight is 369 g/mol. The summed E-state index contributed by atoms with van der Waals surface area (Å²) in [6, 6.07) is 12.0. The lowest BCUT2D eigenvalue weighted by Crippen LogP contribution is -2.41. The summed E-state index contributed by atoms with van der Waals surface area (Å²) in [4.78, 5) is 36.4. The SMILES string of the molecule is CCCCC(NC(=O)c1ccccc1NC(=O)c1ccccc1N)C(=O)O. The molecule has 2 amide bonds. The number of para-hydroxylation sites is 2. The van der Waals surface area contributed by atoms with Crippen LogP contribution in [0.4, 0.5) is 11.4 Å². The molecule has 1 atom stereocenters. The smallest absolute Gasteiger partial charge is 0.326 e. The summed E-state index contributed by atoms with van der Waals surface area (Å²) in [5, 5.41) is 14.5. The maximum Gasteiger partial charge on any atom is 0.326 e. The van der Waals surface area contributed by atoms with E-state index in [-0.39, 0.29) is 11.3 Å². The van der Waals surface area contributed by atoms with E-state index in [0.29, 0.717) is 24.1 Å². The van der Waals surface area contributed by atoms with Gasteiger partial charge < -0.3 is 21.5 Å².